The van der Waals surface area contributed by atoms with Crippen LogP contribution in [-0.2, 0) is 6.42 Å². The van der Waals surface area contributed by atoms with Gasteiger partial charge in [-0.3, -0.25) is 0 Å². The number of halogens is 3. The van der Waals surface area contributed by atoms with Gasteiger partial charge in [-0.1, -0.05) is 11.6 Å². The number of rotatable bonds is 2. The Morgan fingerprint density at radius 3 is 2.79 bits per heavy atom. The van der Waals surface area contributed by atoms with Crippen molar-refractivity contribution in [2.75, 3.05) is 6.61 Å². The summed E-state index contributed by atoms with van der Waals surface area (Å²) in [7, 11) is 0. The van der Waals surface area contributed by atoms with Crippen molar-refractivity contribution in [3.63, 3.8) is 0 Å². The Bertz CT molecular complexity index is 624. The Morgan fingerprint density at radius 1 is 1.32 bits per heavy atom. The molecule has 0 spiro atoms. The Hall–Kier alpha value is -0.0700. The van der Waals surface area contributed by atoms with Crippen molar-refractivity contribution in [1.29, 1.82) is 0 Å². The Labute approximate surface area is 137 Å². The minimum Gasteiger partial charge on any atom is -0.493 e. The highest BCUT2D eigenvalue weighted by Gasteiger charge is 2.23. The summed E-state index contributed by atoms with van der Waals surface area (Å²) in [6, 6.07) is 5.66. The average molecular weight is 424 g/mol. The minimum absolute atomic E-state index is 0.224. The van der Waals surface area contributed by atoms with Crippen LogP contribution in [0, 0.1) is 0 Å². The van der Waals surface area contributed by atoms with Crippen molar-refractivity contribution in [3.05, 3.63) is 47.5 Å². The van der Waals surface area contributed by atoms with Gasteiger partial charge in [-0.05, 0) is 55.6 Å². The van der Waals surface area contributed by atoms with E-state index in [9.17, 15) is 0 Å². The first-order chi connectivity index (χ1) is 9.06. The highest BCUT2D eigenvalue weighted by atomic mass is 79.9. The second-order valence-electron chi connectivity index (χ2n) is 4.33. The minimum atomic E-state index is -0.224. The van der Waals surface area contributed by atoms with Gasteiger partial charge < -0.3 is 10.5 Å². The third-order valence-electron chi connectivity index (χ3n) is 3.08. The predicted octanol–water partition coefficient (Wildman–Crippen LogP) is 4.91. The maximum Gasteiger partial charge on any atom is 0.127 e. The normalized spacial score (nSPS) is 15.2. The molecule has 2 nitrogen and oxygen atoms in total. The van der Waals surface area contributed by atoms with E-state index in [1.165, 1.54) is 0 Å². The van der Waals surface area contributed by atoms with Crippen LogP contribution in [0.2, 0.25) is 5.02 Å². The molecule has 1 unspecified atom stereocenters. The summed E-state index contributed by atoms with van der Waals surface area (Å²) in [6.45, 7) is 0.702. The zero-order chi connectivity index (χ0) is 13.6. The van der Waals surface area contributed by atoms with E-state index in [0.717, 1.165) is 36.4 Å². The summed E-state index contributed by atoms with van der Waals surface area (Å²) in [5, 5.41) is 0.712. The largest absolute Gasteiger partial charge is 0.493 e. The van der Waals surface area contributed by atoms with E-state index >= 15 is 0 Å². The van der Waals surface area contributed by atoms with Crippen LogP contribution in [-0.4, -0.2) is 6.61 Å². The summed E-state index contributed by atoms with van der Waals surface area (Å²) >= 11 is 14.8. The zero-order valence-electron chi connectivity index (χ0n) is 9.75. The molecule has 1 aromatic carbocycles. The van der Waals surface area contributed by atoms with Gasteiger partial charge in [0.25, 0.3) is 0 Å². The van der Waals surface area contributed by atoms with Gasteiger partial charge in [0.2, 0.25) is 0 Å². The molecule has 0 fully saturated rings. The quantitative estimate of drug-likeness (QED) is 0.745. The second-order valence-corrected chi connectivity index (χ2v) is 8.02. The SMILES string of the molecule is NC(c1cc(Br)c(Br)s1)c1cc(Cl)cc2c1OCC2. The first-order valence-electron chi connectivity index (χ1n) is 5.71. The molecule has 2 aromatic rings. The number of nitrogens with two attached hydrogens (primary N) is 1. The molecular formula is C13H10Br2ClNOS. The molecule has 0 saturated carbocycles. The number of thiophene rings is 1. The first kappa shape index (κ1) is 13.9. The molecule has 1 aliphatic heterocycles. The van der Waals surface area contributed by atoms with E-state index in [1.54, 1.807) is 11.3 Å². The van der Waals surface area contributed by atoms with E-state index < -0.39 is 0 Å². The van der Waals surface area contributed by atoms with E-state index in [2.05, 4.69) is 31.9 Å². The van der Waals surface area contributed by atoms with Crippen molar-refractivity contribution in [3.8, 4) is 5.75 Å². The molecule has 0 saturated heterocycles. The van der Waals surface area contributed by atoms with E-state index in [4.69, 9.17) is 22.1 Å². The highest BCUT2D eigenvalue weighted by molar-refractivity contribution is 9.13. The van der Waals surface area contributed by atoms with Crippen molar-refractivity contribution in [1.82, 2.24) is 0 Å². The van der Waals surface area contributed by atoms with Crippen molar-refractivity contribution >= 4 is 54.8 Å². The van der Waals surface area contributed by atoms with Gasteiger partial charge in [0.05, 0.1) is 16.4 Å². The highest BCUT2D eigenvalue weighted by Crippen LogP contribution is 2.41. The third-order valence-corrected chi connectivity index (χ3v) is 6.64. The topological polar surface area (TPSA) is 35.2 Å². The summed E-state index contributed by atoms with van der Waals surface area (Å²) in [5.74, 6) is 0.901. The van der Waals surface area contributed by atoms with Gasteiger partial charge >= 0.3 is 0 Å². The monoisotopic (exact) mass is 421 g/mol. The van der Waals surface area contributed by atoms with Gasteiger partial charge in [-0.25, -0.2) is 0 Å². The number of hydrogen-bond acceptors (Lipinski definition) is 3. The van der Waals surface area contributed by atoms with Crippen LogP contribution in [0.3, 0.4) is 0 Å². The molecule has 6 heteroatoms. The lowest BCUT2D eigenvalue weighted by Crippen LogP contribution is -2.11. The molecular weight excluding hydrogens is 413 g/mol. The smallest absolute Gasteiger partial charge is 0.127 e. The third kappa shape index (κ3) is 2.59. The predicted molar refractivity (Wildman–Crippen MR) is 86.4 cm³/mol. The summed E-state index contributed by atoms with van der Waals surface area (Å²) in [6.07, 6.45) is 0.896. The van der Waals surface area contributed by atoms with Crippen LogP contribution in [0.15, 0.2) is 26.5 Å². The molecule has 0 radical (unpaired) electrons. The average Bonchev–Trinajstić information content (AvgIpc) is 2.95. The Balaban J connectivity index is 2.07. The van der Waals surface area contributed by atoms with Gasteiger partial charge in [-0.15, -0.1) is 11.3 Å². The van der Waals surface area contributed by atoms with E-state index in [1.807, 2.05) is 18.2 Å². The molecule has 2 heterocycles. The van der Waals surface area contributed by atoms with Crippen LogP contribution in [0.25, 0.3) is 0 Å². The molecule has 3 rings (SSSR count). The van der Waals surface area contributed by atoms with Crippen molar-refractivity contribution in [2.45, 2.75) is 12.5 Å². The van der Waals surface area contributed by atoms with Crippen LogP contribution in [0.1, 0.15) is 22.0 Å². The molecule has 2 N–H and O–H groups in total. The summed E-state index contributed by atoms with van der Waals surface area (Å²) in [4.78, 5) is 1.07. The fourth-order valence-corrected chi connectivity index (χ4v) is 4.56. The van der Waals surface area contributed by atoms with Crippen molar-refractivity contribution < 1.29 is 4.74 Å². The maximum atomic E-state index is 6.37. The lowest BCUT2D eigenvalue weighted by molar-refractivity contribution is 0.352. The van der Waals surface area contributed by atoms with E-state index in [-0.39, 0.29) is 6.04 Å². The summed E-state index contributed by atoms with van der Waals surface area (Å²) in [5.41, 5.74) is 8.48. The fraction of sp³-hybridized carbons (Fsp3) is 0.231. The number of ether oxygens (including phenoxy) is 1. The molecule has 0 aliphatic carbocycles. The standard InChI is InChI=1S/C13H10Br2ClNOS/c14-9-5-10(19-13(9)15)11(17)8-4-7(16)3-6-1-2-18-12(6)8/h3-5,11H,1-2,17H2. The second kappa shape index (κ2) is 5.37. The number of benzene rings is 1. The van der Waals surface area contributed by atoms with Gasteiger partial charge in [0, 0.05) is 26.4 Å². The van der Waals surface area contributed by atoms with Crippen LogP contribution in [0.4, 0.5) is 0 Å². The fourth-order valence-electron chi connectivity index (χ4n) is 2.20. The van der Waals surface area contributed by atoms with Crippen molar-refractivity contribution in [2.24, 2.45) is 5.73 Å². The maximum absolute atomic E-state index is 6.37. The Kier molecular flexibility index (Phi) is 3.93. The first-order valence-corrected chi connectivity index (χ1v) is 8.49. The van der Waals surface area contributed by atoms with E-state index in [0.29, 0.717) is 11.6 Å². The lowest BCUT2D eigenvalue weighted by atomic mass is 10.0. The molecule has 1 aromatic heterocycles. The van der Waals surface area contributed by atoms with Gasteiger partial charge in [0.1, 0.15) is 5.75 Å². The molecule has 1 atom stereocenters. The molecule has 100 valence electrons. The lowest BCUT2D eigenvalue weighted by Gasteiger charge is -2.14. The number of hydrogen-bond donors (Lipinski definition) is 1. The zero-order valence-corrected chi connectivity index (χ0v) is 14.5. The molecule has 0 amide bonds. The van der Waals surface area contributed by atoms with Gasteiger partial charge in [0.15, 0.2) is 0 Å². The number of fused-ring (bicyclic) bond motifs is 1. The molecule has 0 bridgehead atoms. The van der Waals surface area contributed by atoms with Crippen LogP contribution in [0.5, 0.6) is 5.75 Å². The van der Waals surface area contributed by atoms with Crippen LogP contribution < -0.4 is 10.5 Å². The molecule has 19 heavy (non-hydrogen) atoms. The van der Waals surface area contributed by atoms with Crippen LogP contribution >= 0.6 is 54.8 Å². The molecule has 1 aliphatic rings. The van der Waals surface area contributed by atoms with Gasteiger partial charge in [-0.2, -0.15) is 0 Å². The summed E-state index contributed by atoms with van der Waals surface area (Å²) < 4.78 is 7.76. The Morgan fingerprint density at radius 2 is 2.11 bits per heavy atom.